The minimum Gasteiger partial charge on any atom is -0.474 e. The summed E-state index contributed by atoms with van der Waals surface area (Å²) in [7, 11) is 0. The molecule has 1 aliphatic carbocycles. The second-order valence-electron chi connectivity index (χ2n) is 3.34. The highest BCUT2D eigenvalue weighted by Gasteiger charge is 2.19. The summed E-state index contributed by atoms with van der Waals surface area (Å²) in [6.07, 6.45) is 5.95. The normalized spacial score (nSPS) is 17.1. The fourth-order valence-corrected chi connectivity index (χ4v) is 1.18. The summed E-state index contributed by atoms with van der Waals surface area (Å²) >= 11 is 0. The monoisotopic (exact) mass is 163 g/mol. The van der Waals surface area contributed by atoms with E-state index in [9.17, 15) is 0 Å². The molecule has 1 aromatic heterocycles. The number of aryl methyl sites for hydroxylation is 1. The number of hydrogen-bond acceptors (Lipinski definition) is 2. The van der Waals surface area contributed by atoms with Crippen LogP contribution in [-0.4, -0.2) is 11.1 Å². The lowest BCUT2D eigenvalue weighted by molar-refractivity contribution is 0.114. The largest absolute Gasteiger partial charge is 0.474 e. The minimum atomic E-state index is 0.431. The SMILES string of the molecule is Cc1ccc(OC2CCC2)nc1. The summed E-state index contributed by atoms with van der Waals surface area (Å²) in [6, 6.07) is 3.97. The van der Waals surface area contributed by atoms with Gasteiger partial charge in [-0.05, 0) is 31.7 Å². The first-order valence-corrected chi connectivity index (χ1v) is 4.44. The maximum atomic E-state index is 5.59. The van der Waals surface area contributed by atoms with Gasteiger partial charge in [0.25, 0.3) is 0 Å². The van der Waals surface area contributed by atoms with E-state index >= 15 is 0 Å². The fourth-order valence-electron chi connectivity index (χ4n) is 1.18. The molecule has 1 fully saturated rings. The summed E-state index contributed by atoms with van der Waals surface area (Å²) in [5.74, 6) is 0.769. The minimum absolute atomic E-state index is 0.431. The van der Waals surface area contributed by atoms with E-state index in [1.807, 2.05) is 25.3 Å². The summed E-state index contributed by atoms with van der Waals surface area (Å²) < 4.78 is 5.59. The maximum absolute atomic E-state index is 5.59. The predicted molar refractivity (Wildman–Crippen MR) is 47.2 cm³/mol. The standard InChI is InChI=1S/C10H13NO/c1-8-5-6-10(11-7-8)12-9-3-2-4-9/h5-7,9H,2-4H2,1H3. The van der Waals surface area contributed by atoms with Crippen molar-refractivity contribution in [2.24, 2.45) is 0 Å². The van der Waals surface area contributed by atoms with Crippen LogP contribution in [0.25, 0.3) is 0 Å². The van der Waals surface area contributed by atoms with E-state index in [0.717, 1.165) is 5.88 Å². The molecular weight excluding hydrogens is 150 g/mol. The van der Waals surface area contributed by atoms with E-state index in [2.05, 4.69) is 4.98 Å². The van der Waals surface area contributed by atoms with Crippen LogP contribution in [0, 0.1) is 6.92 Å². The molecule has 0 amide bonds. The Morgan fingerprint density at radius 3 is 2.75 bits per heavy atom. The van der Waals surface area contributed by atoms with Crippen LogP contribution in [0.5, 0.6) is 5.88 Å². The zero-order valence-corrected chi connectivity index (χ0v) is 7.29. The molecule has 0 aliphatic heterocycles. The molecule has 12 heavy (non-hydrogen) atoms. The molecule has 0 aromatic carbocycles. The van der Waals surface area contributed by atoms with Gasteiger partial charge in [0.05, 0.1) is 0 Å². The van der Waals surface area contributed by atoms with Crippen LogP contribution in [0.2, 0.25) is 0 Å². The molecule has 2 rings (SSSR count). The number of rotatable bonds is 2. The zero-order chi connectivity index (χ0) is 8.39. The molecule has 0 unspecified atom stereocenters. The molecule has 2 nitrogen and oxygen atoms in total. The Morgan fingerprint density at radius 1 is 1.42 bits per heavy atom. The van der Waals surface area contributed by atoms with Crippen LogP contribution in [0.15, 0.2) is 18.3 Å². The van der Waals surface area contributed by atoms with Gasteiger partial charge in [-0.15, -0.1) is 0 Å². The first kappa shape index (κ1) is 7.59. The number of pyridine rings is 1. The van der Waals surface area contributed by atoms with Gasteiger partial charge in [0.2, 0.25) is 5.88 Å². The first-order valence-electron chi connectivity index (χ1n) is 4.44. The summed E-state index contributed by atoms with van der Waals surface area (Å²) in [5, 5.41) is 0. The van der Waals surface area contributed by atoms with Gasteiger partial charge in [0.15, 0.2) is 0 Å². The van der Waals surface area contributed by atoms with Crippen molar-refractivity contribution in [3.05, 3.63) is 23.9 Å². The van der Waals surface area contributed by atoms with Crippen molar-refractivity contribution in [3.63, 3.8) is 0 Å². The van der Waals surface area contributed by atoms with Gasteiger partial charge in [-0.3, -0.25) is 0 Å². The highest BCUT2D eigenvalue weighted by atomic mass is 16.5. The van der Waals surface area contributed by atoms with Gasteiger partial charge in [0.1, 0.15) is 6.10 Å². The van der Waals surface area contributed by atoms with Crippen LogP contribution < -0.4 is 4.74 Å². The van der Waals surface area contributed by atoms with Crippen LogP contribution in [-0.2, 0) is 0 Å². The third-order valence-corrected chi connectivity index (χ3v) is 2.22. The smallest absolute Gasteiger partial charge is 0.213 e. The van der Waals surface area contributed by atoms with Crippen molar-refractivity contribution in [3.8, 4) is 5.88 Å². The number of nitrogens with zero attached hydrogens (tertiary/aromatic N) is 1. The molecule has 0 spiro atoms. The van der Waals surface area contributed by atoms with E-state index in [1.165, 1.54) is 24.8 Å². The summed E-state index contributed by atoms with van der Waals surface area (Å²) in [4.78, 5) is 4.18. The van der Waals surface area contributed by atoms with Crippen LogP contribution in [0.1, 0.15) is 24.8 Å². The Kier molecular flexibility index (Phi) is 1.98. The summed E-state index contributed by atoms with van der Waals surface area (Å²) in [5.41, 5.74) is 1.18. The highest BCUT2D eigenvalue weighted by molar-refractivity contribution is 5.16. The van der Waals surface area contributed by atoms with Gasteiger partial charge in [-0.1, -0.05) is 6.07 Å². The lowest BCUT2D eigenvalue weighted by Gasteiger charge is -2.25. The van der Waals surface area contributed by atoms with Crippen LogP contribution in [0.4, 0.5) is 0 Å². The van der Waals surface area contributed by atoms with E-state index in [4.69, 9.17) is 4.74 Å². The Hall–Kier alpha value is -1.05. The van der Waals surface area contributed by atoms with Crippen molar-refractivity contribution >= 4 is 0 Å². The first-order chi connectivity index (χ1) is 5.84. The molecule has 64 valence electrons. The van der Waals surface area contributed by atoms with Crippen molar-refractivity contribution in [2.45, 2.75) is 32.3 Å². The van der Waals surface area contributed by atoms with Gasteiger partial charge in [0, 0.05) is 12.3 Å². The second kappa shape index (κ2) is 3.13. The van der Waals surface area contributed by atoms with Crippen LogP contribution >= 0.6 is 0 Å². The van der Waals surface area contributed by atoms with Crippen molar-refractivity contribution in [1.82, 2.24) is 4.98 Å². The highest BCUT2D eigenvalue weighted by Crippen LogP contribution is 2.23. The fraction of sp³-hybridized carbons (Fsp3) is 0.500. The molecule has 0 bridgehead atoms. The lowest BCUT2D eigenvalue weighted by Crippen LogP contribution is -2.24. The van der Waals surface area contributed by atoms with E-state index < -0.39 is 0 Å². The van der Waals surface area contributed by atoms with Gasteiger partial charge < -0.3 is 4.74 Å². The van der Waals surface area contributed by atoms with E-state index in [1.54, 1.807) is 0 Å². The maximum Gasteiger partial charge on any atom is 0.213 e. The van der Waals surface area contributed by atoms with E-state index in [0.29, 0.717) is 6.10 Å². The molecule has 2 heteroatoms. The topological polar surface area (TPSA) is 22.1 Å². The van der Waals surface area contributed by atoms with Gasteiger partial charge >= 0.3 is 0 Å². The van der Waals surface area contributed by atoms with Gasteiger partial charge in [-0.2, -0.15) is 0 Å². The predicted octanol–water partition coefficient (Wildman–Crippen LogP) is 2.32. The van der Waals surface area contributed by atoms with Gasteiger partial charge in [-0.25, -0.2) is 4.98 Å². The Balaban J connectivity index is 1.98. The molecular formula is C10H13NO. The lowest BCUT2D eigenvalue weighted by atomic mass is 9.96. The third kappa shape index (κ3) is 1.58. The molecule has 1 aliphatic rings. The molecule has 0 radical (unpaired) electrons. The quantitative estimate of drug-likeness (QED) is 0.667. The van der Waals surface area contributed by atoms with E-state index in [-0.39, 0.29) is 0 Å². The average Bonchev–Trinajstić information content (AvgIpc) is 2.00. The van der Waals surface area contributed by atoms with Crippen LogP contribution in [0.3, 0.4) is 0 Å². The molecule has 0 atom stereocenters. The third-order valence-electron chi connectivity index (χ3n) is 2.22. The van der Waals surface area contributed by atoms with Crippen molar-refractivity contribution in [2.75, 3.05) is 0 Å². The number of aromatic nitrogens is 1. The second-order valence-corrected chi connectivity index (χ2v) is 3.34. The summed E-state index contributed by atoms with van der Waals surface area (Å²) in [6.45, 7) is 2.03. The molecule has 1 heterocycles. The molecule has 1 aromatic rings. The van der Waals surface area contributed by atoms with Crippen molar-refractivity contribution < 1.29 is 4.74 Å². The Bertz CT molecular complexity index is 251. The van der Waals surface area contributed by atoms with Crippen molar-refractivity contribution in [1.29, 1.82) is 0 Å². The molecule has 1 saturated carbocycles. The average molecular weight is 163 g/mol. The number of ether oxygens (including phenoxy) is 1. The Labute approximate surface area is 72.6 Å². The molecule has 0 saturated heterocycles. The Morgan fingerprint density at radius 2 is 2.25 bits per heavy atom. The molecule has 0 N–H and O–H groups in total. The zero-order valence-electron chi connectivity index (χ0n) is 7.29. The number of hydrogen-bond donors (Lipinski definition) is 0.